The van der Waals surface area contributed by atoms with Gasteiger partial charge >= 0.3 is 17.3 Å². The van der Waals surface area contributed by atoms with Crippen LogP contribution in [0.5, 0.6) is 11.6 Å². The van der Waals surface area contributed by atoms with Crippen LogP contribution in [0.3, 0.4) is 0 Å². The lowest BCUT2D eigenvalue weighted by molar-refractivity contribution is 0.0689. The van der Waals surface area contributed by atoms with Crippen molar-refractivity contribution in [3.63, 3.8) is 0 Å². The van der Waals surface area contributed by atoms with Gasteiger partial charge in [0.25, 0.3) is 0 Å². The Hall–Kier alpha value is -4.55. The van der Waals surface area contributed by atoms with Crippen LogP contribution in [0, 0.1) is 0 Å². The summed E-state index contributed by atoms with van der Waals surface area (Å²) in [4.78, 5) is 40.3. The van der Waals surface area contributed by atoms with Crippen LogP contribution < -0.4 is 21.4 Å². The Kier molecular flexibility index (Phi) is 7.37. The minimum absolute atomic E-state index is 0.0120. The predicted octanol–water partition coefficient (Wildman–Crippen LogP) is 2.12. The van der Waals surface area contributed by atoms with E-state index in [0.717, 1.165) is 10.1 Å². The minimum atomic E-state index is -1.20. The molecule has 0 spiro atoms. The van der Waals surface area contributed by atoms with Gasteiger partial charge in [0.05, 0.1) is 19.7 Å². The molecule has 0 atom stereocenters. The molecule has 0 radical (unpaired) electrons. The van der Waals surface area contributed by atoms with Crippen LogP contribution >= 0.6 is 11.6 Å². The van der Waals surface area contributed by atoms with Gasteiger partial charge in [-0.15, -0.1) is 10.2 Å². The van der Waals surface area contributed by atoms with Crippen LogP contribution in [0.2, 0.25) is 5.02 Å². The molecule has 184 valence electrons. The molecule has 0 bridgehead atoms. The molecule has 3 N–H and O–H groups in total. The van der Waals surface area contributed by atoms with Crippen molar-refractivity contribution in [1.29, 1.82) is 0 Å². The van der Waals surface area contributed by atoms with Gasteiger partial charge in [0, 0.05) is 16.8 Å². The van der Waals surface area contributed by atoms with E-state index in [1.165, 1.54) is 16.7 Å². The molecule has 36 heavy (non-hydrogen) atoms. The van der Waals surface area contributed by atoms with Gasteiger partial charge in [0.15, 0.2) is 5.69 Å². The average molecular weight is 511 g/mol. The second-order valence-electron chi connectivity index (χ2n) is 7.40. The topological polar surface area (TPSA) is 161 Å². The van der Waals surface area contributed by atoms with Gasteiger partial charge in [-0.3, -0.25) is 4.57 Å². The molecule has 2 aromatic carbocycles. The summed E-state index contributed by atoms with van der Waals surface area (Å²) in [5, 5.41) is 28.9. The molecule has 0 aliphatic rings. The first-order chi connectivity index (χ1) is 17.3. The van der Waals surface area contributed by atoms with Gasteiger partial charge < -0.3 is 20.3 Å². The number of aliphatic hydroxyl groups is 1. The van der Waals surface area contributed by atoms with Crippen molar-refractivity contribution in [2.45, 2.75) is 13.1 Å². The highest BCUT2D eigenvalue weighted by Crippen LogP contribution is 2.22. The van der Waals surface area contributed by atoms with Crippen LogP contribution in [0.1, 0.15) is 16.1 Å². The van der Waals surface area contributed by atoms with Gasteiger partial charge in [0.1, 0.15) is 5.75 Å². The maximum absolute atomic E-state index is 13.0. The summed E-state index contributed by atoms with van der Waals surface area (Å²) in [6.07, 6.45) is 0. The first kappa shape index (κ1) is 24.6. The van der Waals surface area contributed by atoms with Crippen LogP contribution in [0.15, 0.2) is 70.3 Å². The lowest BCUT2D eigenvalue weighted by atomic mass is 10.2. The number of hydrogen-bond donors (Lipinski definition) is 3. The maximum Gasteiger partial charge on any atom is 0.356 e. The quantitative estimate of drug-likeness (QED) is 0.304. The molecule has 12 nitrogen and oxygen atoms in total. The fraction of sp³-hybridized carbons (Fsp3) is 0.130. The van der Waals surface area contributed by atoms with Gasteiger partial charge in [-0.1, -0.05) is 23.7 Å². The summed E-state index contributed by atoms with van der Waals surface area (Å²) < 4.78 is 7.70. The Morgan fingerprint density at radius 1 is 0.972 bits per heavy atom. The zero-order chi connectivity index (χ0) is 25.7. The number of halogens is 1. The highest BCUT2D eigenvalue weighted by atomic mass is 35.5. The second kappa shape index (κ2) is 10.8. The number of hydrogen-bond acceptors (Lipinski definition) is 9. The molecule has 2 aromatic heterocycles. The van der Waals surface area contributed by atoms with E-state index in [9.17, 15) is 19.5 Å². The van der Waals surface area contributed by atoms with Gasteiger partial charge in [-0.05, 0) is 48.0 Å². The Morgan fingerprint density at radius 3 is 2.31 bits per heavy atom. The third-order valence-corrected chi connectivity index (χ3v) is 5.17. The third-order valence-electron chi connectivity index (χ3n) is 4.92. The zero-order valence-corrected chi connectivity index (χ0v) is 19.3. The molecule has 4 rings (SSSR count). The van der Waals surface area contributed by atoms with Crippen LogP contribution in [-0.4, -0.2) is 47.1 Å². The molecule has 4 aromatic rings. The molecule has 2 heterocycles. The van der Waals surface area contributed by atoms with Crippen molar-refractivity contribution < 1.29 is 19.7 Å². The number of carbonyl (C=O) groups is 1. The summed E-state index contributed by atoms with van der Waals surface area (Å²) in [5.41, 5.74) is -0.387. The number of carboxylic acids is 1. The number of nitrogens with one attached hydrogen (secondary N) is 1. The number of benzene rings is 2. The lowest BCUT2D eigenvalue weighted by Crippen LogP contribution is -2.43. The minimum Gasteiger partial charge on any atom is -0.476 e. The molecule has 0 amide bonds. The number of nitrogens with zero attached hydrogens (tertiary/aromatic N) is 5. The van der Waals surface area contributed by atoms with E-state index in [4.69, 9.17) is 21.4 Å². The molecule has 0 aliphatic carbocycles. The van der Waals surface area contributed by atoms with Crippen molar-refractivity contribution in [3.05, 3.63) is 97.9 Å². The number of rotatable bonds is 9. The standard InChI is InChI=1S/C23H19ClN6O6/c24-15-3-1-14(2-4-15)13-30-21(26-22(34)29(11-12-31)23(30)35)25-16-5-7-17(8-6-16)36-19-10-9-18(20(32)33)27-28-19/h1-10,31H,11-13H2,(H,32,33)(H,25,26,34). The van der Waals surface area contributed by atoms with Crippen molar-refractivity contribution in [2.24, 2.45) is 0 Å². The first-order valence-electron chi connectivity index (χ1n) is 10.5. The number of anilines is 2. The average Bonchev–Trinajstić information content (AvgIpc) is 2.87. The van der Waals surface area contributed by atoms with E-state index in [1.54, 1.807) is 48.5 Å². The lowest BCUT2D eigenvalue weighted by Gasteiger charge is -2.15. The van der Waals surface area contributed by atoms with Gasteiger partial charge in [-0.25, -0.2) is 19.0 Å². The van der Waals surface area contributed by atoms with Gasteiger partial charge in [-0.2, -0.15) is 4.98 Å². The molecule has 0 aliphatic heterocycles. The van der Waals surface area contributed by atoms with Gasteiger partial charge in [0.2, 0.25) is 11.8 Å². The largest absolute Gasteiger partial charge is 0.476 e. The van der Waals surface area contributed by atoms with Crippen molar-refractivity contribution >= 4 is 29.2 Å². The zero-order valence-electron chi connectivity index (χ0n) is 18.5. The molecule has 13 heteroatoms. The SMILES string of the molecule is O=C(O)c1ccc(Oc2ccc(Nc3nc(=O)n(CCO)c(=O)n3Cc3ccc(Cl)cc3)cc2)nn1. The number of ether oxygens (including phenoxy) is 1. The molecule has 0 saturated heterocycles. The summed E-state index contributed by atoms with van der Waals surface area (Å²) in [7, 11) is 0. The Morgan fingerprint density at radius 2 is 1.69 bits per heavy atom. The van der Waals surface area contributed by atoms with E-state index in [1.807, 2.05) is 0 Å². The van der Waals surface area contributed by atoms with E-state index >= 15 is 0 Å². The summed E-state index contributed by atoms with van der Waals surface area (Å²) in [6.45, 7) is -0.480. The Balaban J connectivity index is 1.59. The van der Waals surface area contributed by atoms with Crippen molar-refractivity contribution in [3.8, 4) is 11.6 Å². The normalized spacial score (nSPS) is 10.7. The second-order valence-corrected chi connectivity index (χ2v) is 7.84. The molecular weight excluding hydrogens is 492 g/mol. The van der Waals surface area contributed by atoms with E-state index < -0.39 is 24.0 Å². The monoisotopic (exact) mass is 510 g/mol. The van der Waals surface area contributed by atoms with E-state index in [2.05, 4.69) is 20.5 Å². The van der Waals surface area contributed by atoms with Crippen molar-refractivity contribution in [1.82, 2.24) is 24.3 Å². The first-order valence-corrected chi connectivity index (χ1v) is 10.9. The van der Waals surface area contributed by atoms with E-state index in [-0.39, 0.29) is 30.6 Å². The predicted molar refractivity (Wildman–Crippen MR) is 129 cm³/mol. The summed E-state index contributed by atoms with van der Waals surface area (Å²) >= 11 is 5.95. The highest BCUT2D eigenvalue weighted by molar-refractivity contribution is 6.30. The number of carboxylic acid groups (broad SMARTS) is 1. The third kappa shape index (κ3) is 5.74. The van der Waals surface area contributed by atoms with Crippen LogP contribution in [0.25, 0.3) is 0 Å². The van der Waals surface area contributed by atoms with Crippen LogP contribution in [-0.2, 0) is 13.1 Å². The smallest absolute Gasteiger partial charge is 0.356 e. The maximum atomic E-state index is 13.0. The van der Waals surface area contributed by atoms with Crippen molar-refractivity contribution in [2.75, 3.05) is 11.9 Å². The number of aliphatic hydroxyl groups excluding tert-OH is 1. The summed E-state index contributed by atoms with van der Waals surface area (Å²) in [5.74, 6) is -0.691. The number of aromatic nitrogens is 5. The molecular formula is C23H19ClN6O6. The van der Waals surface area contributed by atoms with E-state index in [0.29, 0.717) is 16.5 Å². The number of aromatic carboxylic acids is 1. The fourth-order valence-electron chi connectivity index (χ4n) is 3.18. The highest BCUT2D eigenvalue weighted by Gasteiger charge is 2.14. The van der Waals surface area contributed by atoms with Crippen LogP contribution in [0.4, 0.5) is 11.6 Å². The molecule has 0 fully saturated rings. The Labute approximate surface area is 208 Å². The molecule has 0 saturated carbocycles. The molecule has 0 unspecified atom stereocenters. The Bertz CT molecular complexity index is 1480. The fourth-order valence-corrected chi connectivity index (χ4v) is 3.30. The summed E-state index contributed by atoms with van der Waals surface area (Å²) in [6, 6.07) is 16.0.